The van der Waals surface area contributed by atoms with E-state index in [0.717, 1.165) is 44.9 Å². The van der Waals surface area contributed by atoms with E-state index in [9.17, 15) is 45.6 Å². The molecule has 14 nitrogen and oxygen atoms in total. The molecule has 2 fully saturated rings. The fraction of sp³-hybridized carbons (Fsp3) is 0.820. The number of allylic oxidation sites excluding steroid dienone is 9. The third kappa shape index (κ3) is 32.4. The van der Waals surface area contributed by atoms with Gasteiger partial charge in [0.1, 0.15) is 48.8 Å². The van der Waals surface area contributed by atoms with E-state index in [2.05, 4.69) is 67.8 Å². The first kappa shape index (κ1) is 68.8. The summed E-state index contributed by atoms with van der Waals surface area (Å²) in [5.74, 6) is -0.252. The quantitative estimate of drug-likeness (QED) is 0.0204. The maximum absolute atomic E-state index is 13.2. The number of nitrogens with one attached hydrogen (secondary N) is 1. The number of carbonyl (C=O) groups is 1. The van der Waals surface area contributed by atoms with Crippen LogP contribution in [0.2, 0.25) is 0 Å². The van der Waals surface area contributed by atoms with E-state index >= 15 is 0 Å². The molecule has 2 aliphatic rings. The smallest absolute Gasteiger partial charge is 0.220 e. The zero-order valence-corrected chi connectivity index (χ0v) is 46.8. The molecular weight excluding hydrogens is 955 g/mol. The van der Waals surface area contributed by atoms with Gasteiger partial charge in [0.2, 0.25) is 5.91 Å². The summed E-state index contributed by atoms with van der Waals surface area (Å²) in [6.07, 6.45) is 42.9. The second kappa shape index (κ2) is 46.6. The topological polar surface area (TPSA) is 228 Å². The van der Waals surface area contributed by atoms with E-state index in [1.807, 2.05) is 6.08 Å². The van der Waals surface area contributed by atoms with Crippen LogP contribution < -0.4 is 5.32 Å². The van der Waals surface area contributed by atoms with Crippen LogP contribution in [0, 0.1) is 0 Å². The molecule has 0 bridgehead atoms. The van der Waals surface area contributed by atoms with Crippen LogP contribution in [0.5, 0.6) is 0 Å². The average Bonchev–Trinajstić information content (AvgIpc) is 3.41. The molecule has 0 aromatic rings. The molecule has 436 valence electrons. The van der Waals surface area contributed by atoms with Crippen molar-refractivity contribution in [2.24, 2.45) is 0 Å². The molecule has 14 heteroatoms. The van der Waals surface area contributed by atoms with Gasteiger partial charge in [0, 0.05) is 6.42 Å². The predicted octanol–water partition coefficient (Wildman–Crippen LogP) is 10.2. The van der Waals surface area contributed by atoms with Crippen LogP contribution in [0.15, 0.2) is 60.8 Å². The van der Waals surface area contributed by atoms with Gasteiger partial charge in [-0.25, -0.2) is 0 Å². The highest BCUT2D eigenvalue weighted by Crippen LogP contribution is 2.30. The molecule has 75 heavy (non-hydrogen) atoms. The Morgan fingerprint density at radius 1 is 0.480 bits per heavy atom. The largest absolute Gasteiger partial charge is 0.394 e. The maximum atomic E-state index is 13.2. The monoisotopic (exact) mass is 1060 g/mol. The molecule has 2 saturated heterocycles. The van der Waals surface area contributed by atoms with Crippen molar-refractivity contribution < 1.29 is 64.6 Å². The summed E-state index contributed by atoms with van der Waals surface area (Å²) < 4.78 is 22.7. The average molecular weight is 1060 g/mol. The Morgan fingerprint density at radius 3 is 1.41 bits per heavy atom. The number of rotatable bonds is 47. The SMILES string of the molecule is CCCCCC/C=C/CC/C=C/C(O)C(COC1OC(CO)C(OC2OC(CO)C(O)C(O)C2O)C(O)C1O)NC(=O)CCCCCCCCCCCCCCCCCC/C=C\C/C=C\C/C=C\CCCCCCC. The first-order chi connectivity index (χ1) is 36.6. The second-order valence-electron chi connectivity index (χ2n) is 21.1. The van der Waals surface area contributed by atoms with Gasteiger partial charge in [-0.2, -0.15) is 0 Å². The minimum atomic E-state index is -1.79. The van der Waals surface area contributed by atoms with E-state index in [4.69, 9.17) is 18.9 Å². The Balaban J connectivity index is 1.64. The van der Waals surface area contributed by atoms with E-state index < -0.39 is 86.8 Å². The van der Waals surface area contributed by atoms with Crippen LogP contribution in [0.1, 0.15) is 226 Å². The molecule has 0 aromatic heterocycles. The number of aliphatic hydroxyl groups is 8. The van der Waals surface area contributed by atoms with Gasteiger partial charge < -0.3 is 65.1 Å². The van der Waals surface area contributed by atoms with Gasteiger partial charge in [0.25, 0.3) is 0 Å². The third-order valence-corrected chi connectivity index (χ3v) is 14.4. The Bertz CT molecular complexity index is 1490. The molecule has 0 radical (unpaired) electrons. The van der Waals surface area contributed by atoms with Crippen LogP contribution in [0.3, 0.4) is 0 Å². The first-order valence-corrected chi connectivity index (χ1v) is 30.0. The van der Waals surface area contributed by atoms with Crippen molar-refractivity contribution in [1.29, 1.82) is 0 Å². The molecule has 12 atom stereocenters. The number of hydrogen-bond acceptors (Lipinski definition) is 13. The van der Waals surface area contributed by atoms with Crippen molar-refractivity contribution in [3.05, 3.63) is 60.8 Å². The minimum absolute atomic E-state index is 0.252. The molecule has 2 rings (SSSR count). The predicted molar refractivity (Wildman–Crippen MR) is 300 cm³/mol. The molecule has 0 aromatic carbocycles. The van der Waals surface area contributed by atoms with E-state index in [1.54, 1.807) is 6.08 Å². The van der Waals surface area contributed by atoms with Gasteiger partial charge in [-0.15, -0.1) is 0 Å². The minimum Gasteiger partial charge on any atom is -0.394 e. The third-order valence-electron chi connectivity index (χ3n) is 14.4. The fourth-order valence-corrected chi connectivity index (χ4v) is 9.55. The number of ether oxygens (including phenoxy) is 4. The van der Waals surface area contributed by atoms with Crippen molar-refractivity contribution in [1.82, 2.24) is 5.32 Å². The van der Waals surface area contributed by atoms with Crippen LogP contribution in [0.25, 0.3) is 0 Å². The van der Waals surface area contributed by atoms with Crippen LogP contribution >= 0.6 is 0 Å². The second-order valence-corrected chi connectivity index (χ2v) is 21.1. The van der Waals surface area contributed by atoms with Crippen LogP contribution in [-0.4, -0.2) is 140 Å². The fourth-order valence-electron chi connectivity index (χ4n) is 9.55. The summed E-state index contributed by atoms with van der Waals surface area (Å²) in [7, 11) is 0. The number of hydrogen-bond donors (Lipinski definition) is 9. The van der Waals surface area contributed by atoms with E-state index in [0.29, 0.717) is 12.8 Å². The molecule has 9 N–H and O–H groups in total. The summed E-state index contributed by atoms with van der Waals surface area (Å²) in [5.41, 5.74) is 0. The Kier molecular flexibility index (Phi) is 42.7. The maximum Gasteiger partial charge on any atom is 0.220 e. The Morgan fingerprint density at radius 2 is 0.893 bits per heavy atom. The van der Waals surface area contributed by atoms with Crippen molar-refractivity contribution in [3.8, 4) is 0 Å². The summed E-state index contributed by atoms with van der Waals surface area (Å²) in [6.45, 7) is 2.72. The zero-order chi connectivity index (χ0) is 54.6. The zero-order valence-electron chi connectivity index (χ0n) is 46.8. The van der Waals surface area contributed by atoms with Crippen molar-refractivity contribution >= 4 is 5.91 Å². The van der Waals surface area contributed by atoms with Gasteiger partial charge in [-0.3, -0.25) is 4.79 Å². The van der Waals surface area contributed by atoms with Crippen LogP contribution in [-0.2, 0) is 23.7 Å². The summed E-state index contributed by atoms with van der Waals surface area (Å²) in [5, 5.41) is 86.8. The van der Waals surface area contributed by atoms with Crippen molar-refractivity contribution in [3.63, 3.8) is 0 Å². The highest BCUT2D eigenvalue weighted by molar-refractivity contribution is 5.76. The lowest BCUT2D eigenvalue weighted by Gasteiger charge is -2.46. The molecule has 2 heterocycles. The number of unbranched alkanes of at least 4 members (excludes halogenated alkanes) is 26. The van der Waals surface area contributed by atoms with Crippen molar-refractivity contribution in [2.75, 3.05) is 19.8 Å². The van der Waals surface area contributed by atoms with E-state index in [-0.39, 0.29) is 18.9 Å². The van der Waals surface area contributed by atoms with Gasteiger partial charge in [0.15, 0.2) is 12.6 Å². The number of amides is 1. The summed E-state index contributed by atoms with van der Waals surface area (Å²) in [6, 6.07) is -0.931. The molecular formula is C61H109NO13. The molecule has 2 aliphatic heterocycles. The Hall–Kier alpha value is -2.31. The Labute approximate surface area is 454 Å². The summed E-state index contributed by atoms with van der Waals surface area (Å²) >= 11 is 0. The molecule has 0 spiro atoms. The standard InChI is InChI=1S/C61H109NO13/c1-3-5-7-9-11-13-15-16-17-18-19-20-21-22-23-24-25-26-27-28-29-30-31-32-33-34-35-37-39-41-43-45-53(66)62-49(50(65)44-42-40-38-36-14-12-10-8-6-4-2)48-72-60-58(71)56(69)59(52(47-64)74-60)75-61-57(70)55(68)54(67)51(46-63)73-61/h14-16,18-19,21-22,36,42,44,49-52,54-61,63-65,67-71H,3-13,17,20,23-35,37-41,43,45-48H2,1-2H3,(H,62,66)/b16-15-,19-18-,22-21-,36-14+,44-42+. The lowest BCUT2D eigenvalue weighted by molar-refractivity contribution is -0.359. The van der Waals surface area contributed by atoms with Crippen LogP contribution in [0.4, 0.5) is 0 Å². The van der Waals surface area contributed by atoms with Gasteiger partial charge >= 0.3 is 0 Å². The lowest BCUT2D eigenvalue weighted by atomic mass is 9.97. The highest BCUT2D eigenvalue weighted by atomic mass is 16.7. The van der Waals surface area contributed by atoms with E-state index in [1.165, 1.54) is 148 Å². The number of carbonyl (C=O) groups excluding carboxylic acids is 1. The number of aliphatic hydroxyl groups excluding tert-OH is 8. The van der Waals surface area contributed by atoms with Crippen molar-refractivity contribution in [2.45, 2.75) is 299 Å². The summed E-state index contributed by atoms with van der Waals surface area (Å²) in [4.78, 5) is 13.2. The van der Waals surface area contributed by atoms with Gasteiger partial charge in [-0.05, 0) is 70.6 Å². The van der Waals surface area contributed by atoms with Gasteiger partial charge in [-0.1, -0.05) is 209 Å². The molecule has 0 aliphatic carbocycles. The lowest BCUT2D eigenvalue weighted by Crippen LogP contribution is -2.65. The molecule has 0 saturated carbocycles. The molecule has 12 unspecified atom stereocenters. The first-order valence-electron chi connectivity index (χ1n) is 30.0. The molecule has 1 amide bonds. The highest BCUT2D eigenvalue weighted by Gasteiger charge is 2.51. The normalized spacial score (nSPS) is 25.5. The van der Waals surface area contributed by atoms with Gasteiger partial charge in [0.05, 0.1) is 32.0 Å².